The Balaban J connectivity index is 1.90. The van der Waals surface area contributed by atoms with Crippen LogP contribution < -0.4 is 4.74 Å². The molecule has 102 valence electrons. The third-order valence-corrected chi connectivity index (χ3v) is 4.41. The Bertz CT molecular complexity index is 677. The predicted molar refractivity (Wildman–Crippen MR) is 78.0 cm³/mol. The molecule has 0 fully saturated rings. The predicted octanol–water partition coefficient (Wildman–Crippen LogP) is 4.43. The number of rotatable bonds is 2. The second-order valence-corrected chi connectivity index (χ2v) is 5.79. The van der Waals surface area contributed by atoms with Crippen LogP contribution in [0, 0.1) is 5.82 Å². The molecule has 1 heterocycles. The molecule has 5 heteroatoms. The van der Waals surface area contributed by atoms with Gasteiger partial charge in [0.2, 0.25) is 5.78 Å². The molecule has 1 aliphatic heterocycles. The average Bonchev–Trinajstić information content (AvgIpc) is 2.86. The normalized spacial score (nSPS) is 16.6. The molecule has 2 aromatic rings. The van der Waals surface area contributed by atoms with E-state index in [2.05, 4.69) is 15.9 Å². The molecule has 20 heavy (non-hydrogen) atoms. The molecule has 0 saturated carbocycles. The van der Waals surface area contributed by atoms with E-state index in [9.17, 15) is 9.18 Å². The van der Waals surface area contributed by atoms with Crippen LogP contribution in [0.4, 0.5) is 4.39 Å². The van der Waals surface area contributed by atoms with Gasteiger partial charge in [-0.2, -0.15) is 0 Å². The highest BCUT2D eigenvalue weighted by atomic mass is 79.9. The van der Waals surface area contributed by atoms with Crippen molar-refractivity contribution in [3.63, 3.8) is 0 Å². The number of ether oxygens (including phenoxy) is 1. The summed E-state index contributed by atoms with van der Waals surface area (Å²) in [5.41, 5.74) is 0.908. The summed E-state index contributed by atoms with van der Waals surface area (Å²) >= 11 is 9.04. The number of carbonyl (C=O) groups excluding carboxylic acids is 1. The van der Waals surface area contributed by atoms with Gasteiger partial charge in [0.05, 0.1) is 10.6 Å². The molecular formula is C15H9BrClFO2. The zero-order valence-corrected chi connectivity index (χ0v) is 12.5. The number of hydrogen-bond donors (Lipinski definition) is 0. The number of carbonyl (C=O) groups is 1. The summed E-state index contributed by atoms with van der Waals surface area (Å²) in [5, 5.41) is 0.297. The molecule has 0 bridgehead atoms. The van der Waals surface area contributed by atoms with Crippen LogP contribution in [-0.4, -0.2) is 11.9 Å². The second kappa shape index (κ2) is 5.19. The van der Waals surface area contributed by atoms with E-state index in [4.69, 9.17) is 16.3 Å². The van der Waals surface area contributed by atoms with Crippen LogP contribution in [0.3, 0.4) is 0 Å². The number of Topliss-reactive ketones (excluding diaryl/α,β-unsaturated/α-hetero) is 1. The minimum atomic E-state index is -0.695. The van der Waals surface area contributed by atoms with Crippen LogP contribution in [0.25, 0.3) is 0 Å². The Hall–Kier alpha value is -1.39. The van der Waals surface area contributed by atoms with E-state index in [0.717, 1.165) is 5.56 Å². The van der Waals surface area contributed by atoms with E-state index in [1.807, 2.05) is 18.2 Å². The maximum atomic E-state index is 13.9. The summed E-state index contributed by atoms with van der Waals surface area (Å²) in [6.07, 6.45) is -0.249. The highest BCUT2D eigenvalue weighted by Crippen LogP contribution is 2.32. The summed E-state index contributed by atoms with van der Waals surface area (Å²) in [7, 11) is 0. The molecule has 2 nitrogen and oxygen atoms in total. The van der Waals surface area contributed by atoms with Gasteiger partial charge >= 0.3 is 0 Å². The monoisotopic (exact) mass is 354 g/mol. The molecule has 0 aromatic heterocycles. The van der Waals surface area contributed by atoms with Crippen LogP contribution in [0.2, 0.25) is 5.02 Å². The zero-order chi connectivity index (χ0) is 14.3. The number of halogens is 3. The summed E-state index contributed by atoms with van der Waals surface area (Å²) in [6, 6.07) is 9.93. The van der Waals surface area contributed by atoms with Crippen molar-refractivity contribution in [1.82, 2.24) is 0 Å². The van der Waals surface area contributed by atoms with Gasteiger partial charge in [0, 0.05) is 10.9 Å². The van der Waals surface area contributed by atoms with E-state index in [-0.39, 0.29) is 5.56 Å². The van der Waals surface area contributed by atoms with E-state index in [1.54, 1.807) is 6.07 Å². The van der Waals surface area contributed by atoms with Crippen molar-refractivity contribution < 1.29 is 13.9 Å². The standard InChI is InChI=1S/C15H9BrClFO2/c16-10-7-12(18)9(6-11(10)17)15(19)14-5-8-3-1-2-4-13(8)20-14/h1-4,6-7,14H,5H2. The third-order valence-electron chi connectivity index (χ3n) is 3.22. The maximum Gasteiger partial charge on any atom is 0.206 e. The quantitative estimate of drug-likeness (QED) is 0.588. The molecule has 1 aliphatic rings. The van der Waals surface area contributed by atoms with Gasteiger partial charge in [0.25, 0.3) is 0 Å². The highest BCUT2D eigenvalue weighted by Gasteiger charge is 2.31. The topological polar surface area (TPSA) is 26.3 Å². The Morgan fingerprint density at radius 1 is 1.35 bits per heavy atom. The van der Waals surface area contributed by atoms with E-state index in [1.165, 1.54) is 12.1 Å². The molecule has 0 radical (unpaired) electrons. The van der Waals surface area contributed by atoms with Crippen LogP contribution in [0.5, 0.6) is 5.75 Å². The van der Waals surface area contributed by atoms with Crippen molar-refractivity contribution >= 4 is 33.3 Å². The molecule has 1 unspecified atom stereocenters. The first-order chi connectivity index (χ1) is 9.56. The third kappa shape index (κ3) is 2.34. The molecule has 3 rings (SSSR count). The van der Waals surface area contributed by atoms with Crippen molar-refractivity contribution in [2.24, 2.45) is 0 Å². The summed E-state index contributed by atoms with van der Waals surface area (Å²) in [4.78, 5) is 12.4. The number of para-hydroxylation sites is 1. The van der Waals surface area contributed by atoms with Gasteiger partial charge in [-0.05, 0) is 39.7 Å². The van der Waals surface area contributed by atoms with Gasteiger partial charge in [0.15, 0.2) is 6.10 Å². The summed E-state index contributed by atoms with van der Waals surface area (Å²) in [6.45, 7) is 0. The fourth-order valence-corrected chi connectivity index (χ4v) is 2.69. The maximum absolute atomic E-state index is 13.9. The molecule has 0 saturated heterocycles. The molecular weight excluding hydrogens is 347 g/mol. The lowest BCUT2D eigenvalue weighted by atomic mass is 10.0. The fraction of sp³-hybridized carbons (Fsp3) is 0.133. The Labute approximate surface area is 128 Å². The van der Waals surface area contributed by atoms with Crippen molar-refractivity contribution in [2.75, 3.05) is 0 Å². The summed E-state index contributed by atoms with van der Waals surface area (Å²) < 4.78 is 19.9. The van der Waals surface area contributed by atoms with Gasteiger partial charge in [-0.3, -0.25) is 4.79 Å². The lowest BCUT2D eigenvalue weighted by Crippen LogP contribution is -2.26. The van der Waals surface area contributed by atoms with Crippen molar-refractivity contribution in [3.05, 3.63) is 62.8 Å². The number of benzene rings is 2. The minimum Gasteiger partial charge on any atom is -0.482 e. The molecule has 0 N–H and O–H groups in total. The van der Waals surface area contributed by atoms with Crippen LogP contribution >= 0.6 is 27.5 Å². The molecule has 0 spiro atoms. The van der Waals surface area contributed by atoms with E-state index in [0.29, 0.717) is 21.7 Å². The lowest BCUT2D eigenvalue weighted by Gasteiger charge is -2.11. The lowest BCUT2D eigenvalue weighted by molar-refractivity contribution is 0.0820. The van der Waals surface area contributed by atoms with Crippen molar-refractivity contribution in [2.45, 2.75) is 12.5 Å². The zero-order valence-electron chi connectivity index (χ0n) is 10.2. The smallest absolute Gasteiger partial charge is 0.206 e. The van der Waals surface area contributed by atoms with Gasteiger partial charge in [0.1, 0.15) is 11.6 Å². The first kappa shape index (κ1) is 13.6. The van der Waals surface area contributed by atoms with E-state index >= 15 is 0 Å². The number of hydrogen-bond acceptors (Lipinski definition) is 2. The average molecular weight is 356 g/mol. The Morgan fingerprint density at radius 3 is 2.85 bits per heavy atom. The van der Waals surface area contributed by atoms with Gasteiger partial charge in [-0.1, -0.05) is 29.8 Å². The fourth-order valence-electron chi connectivity index (χ4n) is 2.21. The van der Waals surface area contributed by atoms with Crippen molar-refractivity contribution in [3.8, 4) is 5.75 Å². The van der Waals surface area contributed by atoms with Crippen LogP contribution in [-0.2, 0) is 6.42 Å². The first-order valence-electron chi connectivity index (χ1n) is 5.99. The van der Waals surface area contributed by atoms with Crippen molar-refractivity contribution in [1.29, 1.82) is 0 Å². The highest BCUT2D eigenvalue weighted by molar-refractivity contribution is 9.10. The Morgan fingerprint density at radius 2 is 2.10 bits per heavy atom. The van der Waals surface area contributed by atoms with Crippen LogP contribution in [0.15, 0.2) is 40.9 Å². The molecule has 0 aliphatic carbocycles. The minimum absolute atomic E-state index is 0.0454. The SMILES string of the molecule is O=C(c1cc(Cl)c(Br)cc1F)C1Cc2ccccc2O1. The molecule has 1 atom stereocenters. The van der Waals surface area contributed by atoms with Gasteiger partial charge in [-0.25, -0.2) is 4.39 Å². The first-order valence-corrected chi connectivity index (χ1v) is 7.16. The summed E-state index contributed by atoms with van der Waals surface area (Å²) in [5.74, 6) is -0.326. The van der Waals surface area contributed by atoms with Gasteiger partial charge < -0.3 is 4.74 Å². The van der Waals surface area contributed by atoms with E-state index < -0.39 is 17.7 Å². The number of ketones is 1. The molecule has 2 aromatic carbocycles. The van der Waals surface area contributed by atoms with Crippen LogP contribution in [0.1, 0.15) is 15.9 Å². The largest absolute Gasteiger partial charge is 0.482 e. The number of fused-ring (bicyclic) bond motifs is 1. The second-order valence-electron chi connectivity index (χ2n) is 4.53. The Kier molecular flexibility index (Phi) is 3.52. The van der Waals surface area contributed by atoms with Gasteiger partial charge in [-0.15, -0.1) is 0 Å². The molecule has 0 amide bonds.